The van der Waals surface area contributed by atoms with Gasteiger partial charge in [-0.05, 0) is 27.2 Å². The van der Waals surface area contributed by atoms with E-state index in [-0.39, 0.29) is 0 Å². The lowest BCUT2D eigenvalue weighted by atomic mass is 9.86. The van der Waals surface area contributed by atoms with Gasteiger partial charge < -0.3 is 10.2 Å². The van der Waals surface area contributed by atoms with Gasteiger partial charge in [-0.1, -0.05) is 22.6 Å². The Morgan fingerprint density at radius 2 is 1.60 bits per heavy atom. The molecule has 0 heterocycles. The Balaban J connectivity index is 4.10. The van der Waals surface area contributed by atoms with Crippen LogP contribution in [-0.4, -0.2) is 25.8 Å². The predicted molar refractivity (Wildman–Crippen MR) is 50.4 cm³/mol. The van der Waals surface area contributed by atoms with Crippen molar-refractivity contribution in [1.82, 2.24) is 0 Å². The van der Waals surface area contributed by atoms with E-state index >= 15 is 0 Å². The summed E-state index contributed by atoms with van der Waals surface area (Å²) in [6, 6.07) is 0. The van der Waals surface area contributed by atoms with Gasteiger partial charge >= 0.3 is 0 Å². The van der Waals surface area contributed by atoms with Gasteiger partial charge in [-0.25, -0.2) is 0 Å². The molecular formula is C7H15IO2. The normalized spacial score (nSPS) is 18.6. The van der Waals surface area contributed by atoms with Crippen molar-refractivity contribution in [1.29, 1.82) is 0 Å². The van der Waals surface area contributed by atoms with E-state index in [0.717, 1.165) is 4.43 Å². The third kappa shape index (κ3) is 2.72. The van der Waals surface area contributed by atoms with Crippen LogP contribution < -0.4 is 0 Å². The molecule has 0 saturated heterocycles. The van der Waals surface area contributed by atoms with Crippen LogP contribution in [0.1, 0.15) is 27.2 Å². The highest BCUT2D eigenvalue weighted by Crippen LogP contribution is 2.25. The smallest absolute Gasteiger partial charge is 0.0907 e. The molecule has 0 saturated carbocycles. The molecule has 1 atom stereocenters. The molecule has 1 unspecified atom stereocenters. The average molecular weight is 258 g/mol. The molecule has 0 fully saturated rings. The molecular weight excluding hydrogens is 243 g/mol. The van der Waals surface area contributed by atoms with Crippen LogP contribution in [0.25, 0.3) is 0 Å². The maximum atomic E-state index is 9.60. The minimum Gasteiger partial charge on any atom is -0.387 e. The molecule has 0 aliphatic carbocycles. The van der Waals surface area contributed by atoms with Crippen LogP contribution in [0, 0.1) is 0 Å². The van der Waals surface area contributed by atoms with E-state index in [1.54, 1.807) is 20.8 Å². The van der Waals surface area contributed by atoms with E-state index in [9.17, 15) is 10.2 Å². The van der Waals surface area contributed by atoms with Crippen LogP contribution in [0.4, 0.5) is 0 Å². The van der Waals surface area contributed by atoms with Crippen molar-refractivity contribution in [3.8, 4) is 0 Å². The lowest BCUT2D eigenvalue weighted by Crippen LogP contribution is -2.47. The molecule has 0 bridgehead atoms. The summed E-state index contributed by atoms with van der Waals surface area (Å²) < 4.78 is 0.856. The van der Waals surface area contributed by atoms with Crippen molar-refractivity contribution in [3.63, 3.8) is 0 Å². The number of rotatable bonds is 3. The molecule has 0 spiro atoms. The molecule has 0 aromatic carbocycles. The topological polar surface area (TPSA) is 40.5 Å². The summed E-state index contributed by atoms with van der Waals surface area (Å²) in [5.41, 5.74) is -1.97. The quantitative estimate of drug-likeness (QED) is 0.592. The van der Waals surface area contributed by atoms with E-state index in [2.05, 4.69) is 22.6 Å². The molecule has 2 nitrogen and oxygen atoms in total. The first-order valence-corrected chi connectivity index (χ1v) is 4.84. The van der Waals surface area contributed by atoms with Gasteiger partial charge in [0, 0.05) is 4.43 Å². The lowest BCUT2D eigenvalue weighted by molar-refractivity contribution is -0.120. The summed E-state index contributed by atoms with van der Waals surface area (Å²) in [4.78, 5) is 0. The molecule has 10 heavy (non-hydrogen) atoms. The summed E-state index contributed by atoms with van der Waals surface area (Å²) in [6.07, 6.45) is 0.622. The van der Waals surface area contributed by atoms with Crippen molar-refractivity contribution in [2.24, 2.45) is 0 Å². The van der Waals surface area contributed by atoms with Gasteiger partial charge in [0.25, 0.3) is 0 Å². The van der Waals surface area contributed by atoms with Crippen LogP contribution in [0.3, 0.4) is 0 Å². The Labute approximate surface area is 75.8 Å². The van der Waals surface area contributed by atoms with Crippen molar-refractivity contribution in [3.05, 3.63) is 0 Å². The Bertz CT molecular complexity index is 105. The molecule has 2 N–H and O–H groups in total. The SMILES string of the molecule is CC(C)(O)C(C)(O)CCI. The molecule has 0 aromatic rings. The molecule has 0 rings (SSSR count). The van der Waals surface area contributed by atoms with Gasteiger partial charge in [0.15, 0.2) is 0 Å². The van der Waals surface area contributed by atoms with Gasteiger partial charge in [0.2, 0.25) is 0 Å². The van der Waals surface area contributed by atoms with Crippen LogP contribution in [-0.2, 0) is 0 Å². The Kier molecular flexibility index (Phi) is 3.58. The lowest BCUT2D eigenvalue weighted by Gasteiger charge is -2.35. The van der Waals surface area contributed by atoms with Gasteiger partial charge in [0.05, 0.1) is 11.2 Å². The number of hydrogen-bond acceptors (Lipinski definition) is 2. The first-order valence-electron chi connectivity index (χ1n) is 3.32. The first-order chi connectivity index (χ1) is 4.31. The van der Waals surface area contributed by atoms with Crippen LogP contribution in [0.2, 0.25) is 0 Å². The molecule has 0 aliphatic rings. The molecule has 0 amide bonds. The maximum Gasteiger partial charge on any atom is 0.0907 e. The third-order valence-corrected chi connectivity index (χ3v) is 2.44. The second-order valence-corrected chi connectivity index (χ2v) is 4.35. The van der Waals surface area contributed by atoms with Gasteiger partial charge in [-0.15, -0.1) is 0 Å². The molecule has 0 radical (unpaired) electrons. The first kappa shape index (κ1) is 10.7. The van der Waals surface area contributed by atoms with E-state index in [0.29, 0.717) is 6.42 Å². The zero-order chi connectivity index (χ0) is 8.41. The third-order valence-electron chi connectivity index (χ3n) is 1.90. The standard InChI is InChI=1S/C7H15IO2/c1-6(2,9)7(3,10)4-5-8/h9-10H,4-5H2,1-3H3. The van der Waals surface area contributed by atoms with Crippen LogP contribution in [0.15, 0.2) is 0 Å². The van der Waals surface area contributed by atoms with Crippen molar-refractivity contribution in [2.45, 2.75) is 38.4 Å². The van der Waals surface area contributed by atoms with Gasteiger partial charge in [0.1, 0.15) is 0 Å². The minimum atomic E-state index is -1.00. The zero-order valence-electron chi connectivity index (χ0n) is 6.69. The van der Waals surface area contributed by atoms with E-state index in [1.807, 2.05) is 0 Å². The number of aliphatic hydroxyl groups is 2. The van der Waals surface area contributed by atoms with Gasteiger partial charge in [-0.3, -0.25) is 0 Å². The minimum absolute atomic E-state index is 0.622. The monoisotopic (exact) mass is 258 g/mol. The number of hydrogen-bond donors (Lipinski definition) is 2. The predicted octanol–water partition coefficient (Wildman–Crippen LogP) is 1.33. The Hall–Kier alpha value is 0.650. The molecule has 62 valence electrons. The van der Waals surface area contributed by atoms with E-state index in [1.165, 1.54) is 0 Å². The number of halogens is 1. The second kappa shape index (κ2) is 3.36. The van der Waals surface area contributed by atoms with E-state index < -0.39 is 11.2 Å². The van der Waals surface area contributed by atoms with Crippen LogP contribution in [0.5, 0.6) is 0 Å². The second-order valence-electron chi connectivity index (χ2n) is 3.27. The zero-order valence-corrected chi connectivity index (χ0v) is 8.84. The summed E-state index contributed by atoms with van der Waals surface area (Å²) in [5, 5.41) is 19.0. The summed E-state index contributed by atoms with van der Waals surface area (Å²) in [7, 11) is 0. The summed E-state index contributed by atoms with van der Waals surface area (Å²) in [5.74, 6) is 0. The van der Waals surface area contributed by atoms with Crippen LogP contribution >= 0.6 is 22.6 Å². The Morgan fingerprint density at radius 3 is 1.70 bits per heavy atom. The summed E-state index contributed by atoms with van der Waals surface area (Å²) in [6.45, 7) is 4.91. The average Bonchev–Trinajstić information content (AvgIpc) is 1.61. The molecule has 0 aliphatic heterocycles. The van der Waals surface area contributed by atoms with Crippen molar-refractivity contribution in [2.75, 3.05) is 4.43 Å². The highest BCUT2D eigenvalue weighted by atomic mass is 127. The Morgan fingerprint density at radius 1 is 1.20 bits per heavy atom. The summed E-state index contributed by atoms with van der Waals surface area (Å²) >= 11 is 2.18. The maximum absolute atomic E-state index is 9.60. The molecule has 3 heteroatoms. The fourth-order valence-corrected chi connectivity index (χ4v) is 1.54. The highest BCUT2D eigenvalue weighted by molar-refractivity contribution is 14.1. The van der Waals surface area contributed by atoms with Crippen molar-refractivity contribution >= 4 is 22.6 Å². The van der Waals surface area contributed by atoms with Gasteiger partial charge in [-0.2, -0.15) is 0 Å². The van der Waals surface area contributed by atoms with Crippen molar-refractivity contribution < 1.29 is 10.2 Å². The fraction of sp³-hybridized carbons (Fsp3) is 1.00. The van der Waals surface area contributed by atoms with E-state index in [4.69, 9.17) is 0 Å². The molecule has 0 aromatic heterocycles. The largest absolute Gasteiger partial charge is 0.387 e. The number of alkyl halides is 1. The highest BCUT2D eigenvalue weighted by Gasteiger charge is 2.36. The fourth-order valence-electron chi connectivity index (χ4n) is 0.490.